The van der Waals surface area contributed by atoms with Gasteiger partial charge in [-0.05, 0) is 25.3 Å². The molecule has 0 saturated heterocycles. The van der Waals surface area contributed by atoms with Crippen LogP contribution in [0.2, 0.25) is 0 Å². The fourth-order valence-corrected chi connectivity index (χ4v) is 1.93. The third kappa shape index (κ3) is 7.46. The van der Waals surface area contributed by atoms with E-state index >= 15 is 0 Å². The molecule has 0 saturated carbocycles. The molecule has 0 aliphatic heterocycles. The minimum absolute atomic E-state index is 0.302. The number of nitrogens with one attached hydrogen (secondary N) is 1. The number of hydrogen-bond donors (Lipinski definition) is 3. The second-order valence-corrected chi connectivity index (χ2v) is 5.72. The van der Waals surface area contributed by atoms with Crippen LogP contribution in [0.25, 0.3) is 0 Å². The van der Waals surface area contributed by atoms with Crippen molar-refractivity contribution in [2.45, 2.75) is 32.2 Å². The van der Waals surface area contributed by atoms with Crippen LogP contribution in [0.5, 0.6) is 0 Å². The van der Waals surface area contributed by atoms with Crippen molar-refractivity contribution in [2.24, 2.45) is 0 Å². The molecule has 1 aromatic heterocycles. The molecule has 3 N–H and O–H groups in total. The van der Waals surface area contributed by atoms with Crippen molar-refractivity contribution in [3.8, 4) is 0 Å². The summed E-state index contributed by atoms with van der Waals surface area (Å²) in [5, 5.41) is 24.1. The zero-order valence-electron chi connectivity index (χ0n) is 10.3. The first-order valence-electron chi connectivity index (χ1n) is 5.69. The number of rotatable bonds is 8. The Balaban J connectivity index is 2.03. The van der Waals surface area contributed by atoms with Crippen LogP contribution in [0.1, 0.15) is 18.7 Å². The highest BCUT2D eigenvalue weighted by Gasteiger charge is 2.12. The predicted molar refractivity (Wildman–Crippen MR) is 69.1 cm³/mol. The fourth-order valence-electron chi connectivity index (χ4n) is 1.29. The Morgan fingerprint density at radius 2 is 2.29 bits per heavy atom. The van der Waals surface area contributed by atoms with E-state index in [1.807, 2.05) is 17.5 Å². The summed E-state index contributed by atoms with van der Waals surface area (Å²) in [6, 6.07) is 3.98. The molecule has 1 atom stereocenters. The van der Waals surface area contributed by atoms with Crippen molar-refractivity contribution >= 4 is 11.3 Å². The number of hydrogen-bond acceptors (Lipinski definition) is 5. The Morgan fingerprint density at radius 1 is 1.53 bits per heavy atom. The van der Waals surface area contributed by atoms with Gasteiger partial charge in [-0.1, -0.05) is 6.07 Å². The Morgan fingerprint density at radius 3 is 2.88 bits per heavy atom. The predicted octanol–water partition coefficient (Wildman–Crippen LogP) is 0.986. The Labute approximate surface area is 106 Å². The van der Waals surface area contributed by atoms with E-state index in [9.17, 15) is 10.2 Å². The van der Waals surface area contributed by atoms with Crippen LogP contribution >= 0.6 is 11.3 Å². The Hall–Kier alpha value is -0.460. The van der Waals surface area contributed by atoms with Crippen molar-refractivity contribution in [3.05, 3.63) is 22.4 Å². The molecule has 1 unspecified atom stereocenters. The summed E-state index contributed by atoms with van der Waals surface area (Å²) in [5.74, 6) is 0. The lowest BCUT2D eigenvalue weighted by atomic mass is 10.1. The third-order valence-electron chi connectivity index (χ3n) is 2.07. The third-order valence-corrected chi connectivity index (χ3v) is 2.92. The molecule has 0 radical (unpaired) electrons. The highest BCUT2D eigenvalue weighted by Crippen LogP contribution is 2.09. The minimum Gasteiger partial charge on any atom is -0.389 e. The maximum Gasteiger partial charge on any atom is 0.0897 e. The molecular formula is C12H21NO3S. The molecule has 0 spiro atoms. The number of aliphatic hydroxyl groups is 2. The summed E-state index contributed by atoms with van der Waals surface area (Å²) in [4.78, 5) is 1.15. The molecular weight excluding hydrogens is 238 g/mol. The van der Waals surface area contributed by atoms with Crippen LogP contribution < -0.4 is 5.32 Å². The zero-order chi connectivity index (χ0) is 12.7. The van der Waals surface area contributed by atoms with Gasteiger partial charge in [-0.15, -0.1) is 11.3 Å². The lowest BCUT2D eigenvalue weighted by Crippen LogP contribution is -2.39. The van der Waals surface area contributed by atoms with Gasteiger partial charge in [-0.25, -0.2) is 0 Å². The largest absolute Gasteiger partial charge is 0.389 e. The molecule has 98 valence electrons. The van der Waals surface area contributed by atoms with Crippen molar-refractivity contribution in [3.63, 3.8) is 0 Å². The zero-order valence-corrected chi connectivity index (χ0v) is 11.2. The molecule has 5 heteroatoms. The van der Waals surface area contributed by atoms with Crippen molar-refractivity contribution in [2.75, 3.05) is 19.7 Å². The van der Waals surface area contributed by atoms with Gasteiger partial charge >= 0.3 is 0 Å². The first kappa shape index (κ1) is 14.6. The van der Waals surface area contributed by atoms with E-state index in [2.05, 4.69) is 5.32 Å². The van der Waals surface area contributed by atoms with Crippen molar-refractivity contribution in [1.82, 2.24) is 5.32 Å². The second-order valence-electron chi connectivity index (χ2n) is 4.69. The second kappa shape index (κ2) is 7.08. The van der Waals surface area contributed by atoms with Gasteiger partial charge in [0, 0.05) is 18.0 Å². The molecule has 0 aliphatic carbocycles. The van der Waals surface area contributed by atoms with Gasteiger partial charge in [0.05, 0.1) is 24.9 Å². The maximum atomic E-state index is 9.61. The van der Waals surface area contributed by atoms with E-state index in [0.717, 1.165) is 4.88 Å². The van der Waals surface area contributed by atoms with Crippen LogP contribution in [0, 0.1) is 0 Å². The van der Waals surface area contributed by atoms with E-state index in [4.69, 9.17) is 4.74 Å². The van der Waals surface area contributed by atoms with Crippen LogP contribution in [0.4, 0.5) is 0 Å². The quantitative estimate of drug-likeness (QED) is 0.651. The molecule has 1 heterocycles. The van der Waals surface area contributed by atoms with E-state index in [1.54, 1.807) is 25.2 Å². The first-order chi connectivity index (χ1) is 7.97. The summed E-state index contributed by atoms with van der Waals surface area (Å²) < 4.78 is 5.38. The van der Waals surface area contributed by atoms with E-state index < -0.39 is 11.7 Å². The molecule has 0 aromatic carbocycles. The molecule has 0 bridgehead atoms. The van der Waals surface area contributed by atoms with Crippen molar-refractivity contribution < 1.29 is 14.9 Å². The van der Waals surface area contributed by atoms with Crippen molar-refractivity contribution in [1.29, 1.82) is 0 Å². The normalized spacial score (nSPS) is 13.9. The fraction of sp³-hybridized carbons (Fsp3) is 0.667. The molecule has 1 rings (SSSR count). The lowest BCUT2D eigenvalue weighted by molar-refractivity contribution is 0.0243. The highest BCUT2D eigenvalue weighted by molar-refractivity contribution is 7.09. The molecule has 1 aromatic rings. The lowest BCUT2D eigenvalue weighted by Gasteiger charge is -2.19. The van der Waals surface area contributed by atoms with E-state index in [1.165, 1.54) is 0 Å². The van der Waals surface area contributed by atoms with Crippen LogP contribution in [-0.2, 0) is 11.3 Å². The summed E-state index contributed by atoms with van der Waals surface area (Å²) >= 11 is 1.64. The van der Waals surface area contributed by atoms with Gasteiger partial charge < -0.3 is 20.3 Å². The van der Waals surface area contributed by atoms with Gasteiger partial charge in [0.2, 0.25) is 0 Å². The first-order valence-corrected chi connectivity index (χ1v) is 6.56. The topological polar surface area (TPSA) is 61.7 Å². The molecule has 4 nitrogen and oxygen atoms in total. The van der Waals surface area contributed by atoms with E-state index in [0.29, 0.717) is 26.3 Å². The van der Waals surface area contributed by atoms with Crippen LogP contribution in [0.15, 0.2) is 17.5 Å². The van der Waals surface area contributed by atoms with Gasteiger partial charge in [-0.3, -0.25) is 0 Å². The van der Waals surface area contributed by atoms with Crippen LogP contribution in [-0.4, -0.2) is 41.6 Å². The van der Waals surface area contributed by atoms with Gasteiger partial charge in [0.15, 0.2) is 0 Å². The van der Waals surface area contributed by atoms with E-state index in [-0.39, 0.29) is 0 Å². The average molecular weight is 259 g/mol. The summed E-state index contributed by atoms with van der Waals surface area (Å²) in [7, 11) is 0. The smallest absolute Gasteiger partial charge is 0.0897 e. The molecule has 0 amide bonds. The summed E-state index contributed by atoms with van der Waals surface area (Å²) in [5.41, 5.74) is -0.752. The maximum absolute atomic E-state index is 9.61. The standard InChI is InChI=1S/C12H21NO3S/c1-12(2,15)9-13-6-10(14)7-16-8-11-4-3-5-17-11/h3-5,10,13-15H,6-9H2,1-2H3. The number of ether oxygens (including phenoxy) is 1. The molecule has 0 aliphatic rings. The van der Waals surface area contributed by atoms with Gasteiger partial charge in [0.25, 0.3) is 0 Å². The van der Waals surface area contributed by atoms with Gasteiger partial charge in [0.1, 0.15) is 0 Å². The Bertz CT molecular complexity index is 295. The molecule has 0 fully saturated rings. The highest BCUT2D eigenvalue weighted by atomic mass is 32.1. The SMILES string of the molecule is CC(C)(O)CNCC(O)COCc1cccs1. The summed E-state index contributed by atoms with van der Waals surface area (Å²) in [6.07, 6.45) is -0.544. The van der Waals surface area contributed by atoms with Crippen LogP contribution in [0.3, 0.4) is 0 Å². The molecule has 17 heavy (non-hydrogen) atoms. The summed E-state index contributed by atoms with van der Waals surface area (Å²) in [6.45, 7) is 5.17. The number of thiophene rings is 1. The Kier molecular flexibility index (Phi) is 6.08. The minimum atomic E-state index is -0.752. The number of aliphatic hydroxyl groups excluding tert-OH is 1. The average Bonchev–Trinajstić information content (AvgIpc) is 2.68. The van der Waals surface area contributed by atoms with Gasteiger partial charge in [-0.2, -0.15) is 0 Å². The monoisotopic (exact) mass is 259 g/mol.